The number of urea groups is 1. The number of fused-ring (bicyclic) bond motifs is 1. The van der Waals surface area contributed by atoms with Gasteiger partial charge < -0.3 is 10.2 Å². The average Bonchev–Trinajstić information content (AvgIpc) is 3.21. The number of benzene rings is 2. The van der Waals surface area contributed by atoms with Gasteiger partial charge >= 0.3 is 6.03 Å². The lowest BCUT2D eigenvalue weighted by molar-refractivity contribution is 0.206. The molecule has 2 aromatic carbocycles. The van der Waals surface area contributed by atoms with Crippen molar-refractivity contribution in [1.29, 1.82) is 0 Å². The van der Waals surface area contributed by atoms with Gasteiger partial charge in [-0.25, -0.2) is 4.79 Å². The lowest BCUT2D eigenvalue weighted by atomic mass is 10.0. The first-order valence-electron chi connectivity index (χ1n) is 10.3. The van der Waals surface area contributed by atoms with E-state index in [0.29, 0.717) is 12.5 Å². The topological polar surface area (TPSA) is 50.2 Å². The fourth-order valence-corrected chi connectivity index (χ4v) is 3.64. The molecule has 1 aliphatic rings. The highest BCUT2D eigenvalue weighted by Crippen LogP contribution is 2.23. The third-order valence-corrected chi connectivity index (χ3v) is 5.46. The molecule has 0 bridgehead atoms. The third-order valence-electron chi connectivity index (χ3n) is 5.46. The van der Waals surface area contributed by atoms with E-state index in [1.807, 2.05) is 46.1 Å². The van der Waals surface area contributed by atoms with Gasteiger partial charge in [-0.1, -0.05) is 50.2 Å². The number of anilines is 1. The zero-order chi connectivity index (χ0) is 20.2. The van der Waals surface area contributed by atoms with Crippen molar-refractivity contribution < 1.29 is 4.79 Å². The molecule has 0 radical (unpaired) electrons. The first kappa shape index (κ1) is 19.2. The van der Waals surface area contributed by atoms with Crippen LogP contribution in [0.5, 0.6) is 0 Å². The Morgan fingerprint density at radius 1 is 1.07 bits per heavy atom. The van der Waals surface area contributed by atoms with Gasteiger partial charge in [0.2, 0.25) is 0 Å². The van der Waals surface area contributed by atoms with Crippen LogP contribution in [0.1, 0.15) is 31.4 Å². The Labute approximate surface area is 172 Å². The van der Waals surface area contributed by atoms with Crippen LogP contribution in [-0.2, 0) is 19.5 Å². The smallest absolute Gasteiger partial charge is 0.320 e. The SMILES string of the molecule is CC(C)CCn1cc(-c2ccc(NC(=O)N3CCc4ccccc4C3)cc2)cn1. The summed E-state index contributed by atoms with van der Waals surface area (Å²) in [6, 6.07) is 16.3. The average molecular weight is 389 g/mol. The summed E-state index contributed by atoms with van der Waals surface area (Å²) in [6.07, 6.45) is 6.01. The Balaban J connectivity index is 1.37. The maximum atomic E-state index is 12.7. The van der Waals surface area contributed by atoms with Gasteiger partial charge in [0.05, 0.1) is 6.20 Å². The second-order valence-corrected chi connectivity index (χ2v) is 8.12. The normalized spacial score (nSPS) is 13.4. The van der Waals surface area contributed by atoms with Crippen molar-refractivity contribution in [3.05, 3.63) is 72.1 Å². The Morgan fingerprint density at radius 2 is 1.83 bits per heavy atom. The van der Waals surface area contributed by atoms with Crippen molar-refractivity contribution >= 4 is 11.7 Å². The lowest BCUT2D eigenvalue weighted by Gasteiger charge is -2.29. The maximum Gasteiger partial charge on any atom is 0.322 e. The maximum absolute atomic E-state index is 12.7. The van der Waals surface area contributed by atoms with Crippen molar-refractivity contribution in [2.24, 2.45) is 5.92 Å². The standard InChI is InChI=1S/C24H28N4O/c1-18(2)11-14-28-17-22(15-25-28)20-7-9-23(10-8-20)26-24(29)27-13-12-19-5-3-4-6-21(19)16-27/h3-10,15,17-18H,11-14,16H2,1-2H3,(H,26,29). The second-order valence-electron chi connectivity index (χ2n) is 8.12. The molecule has 5 nitrogen and oxygen atoms in total. The number of nitrogens with one attached hydrogen (secondary N) is 1. The number of amides is 2. The van der Waals surface area contributed by atoms with Crippen molar-refractivity contribution in [3.63, 3.8) is 0 Å². The molecule has 0 aliphatic carbocycles. The van der Waals surface area contributed by atoms with E-state index in [4.69, 9.17) is 0 Å². The number of carbonyl (C=O) groups excluding carboxylic acids is 1. The summed E-state index contributed by atoms with van der Waals surface area (Å²) in [4.78, 5) is 14.5. The largest absolute Gasteiger partial charge is 0.322 e. The van der Waals surface area contributed by atoms with Crippen LogP contribution in [0.15, 0.2) is 60.9 Å². The molecule has 2 amide bonds. The van der Waals surface area contributed by atoms with Crippen molar-refractivity contribution in [3.8, 4) is 11.1 Å². The molecule has 29 heavy (non-hydrogen) atoms. The Hall–Kier alpha value is -3.08. The van der Waals surface area contributed by atoms with Gasteiger partial charge in [0.1, 0.15) is 0 Å². The van der Waals surface area contributed by atoms with E-state index < -0.39 is 0 Å². The molecule has 0 atom stereocenters. The quantitative estimate of drug-likeness (QED) is 0.654. The molecule has 2 heterocycles. The minimum atomic E-state index is -0.0474. The van der Waals surface area contributed by atoms with Crippen molar-refractivity contribution in [2.45, 2.75) is 39.8 Å². The Bertz CT molecular complexity index is 975. The molecule has 0 saturated carbocycles. The van der Waals surface area contributed by atoms with Crippen LogP contribution in [-0.4, -0.2) is 27.3 Å². The summed E-state index contributed by atoms with van der Waals surface area (Å²) in [5, 5.41) is 7.48. The predicted octanol–water partition coefficient (Wildman–Crippen LogP) is 5.19. The summed E-state index contributed by atoms with van der Waals surface area (Å²) in [7, 11) is 0. The number of aromatic nitrogens is 2. The van der Waals surface area contributed by atoms with Crippen LogP contribution >= 0.6 is 0 Å². The first-order valence-corrected chi connectivity index (χ1v) is 10.3. The van der Waals surface area contributed by atoms with Crippen LogP contribution in [0.4, 0.5) is 10.5 Å². The number of nitrogens with zero attached hydrogens (tertiary/aromatic N) is 3. The molecule has 0 spiro atoms. The Morgan fingerprint density at radius 3 is 2.59 bits per heavy atom. The molecule has 3 aromatic rings. The highest BCUT2D eigenvalue weighted by molar-refractivity contribution is 5.89. The van der Waals surface area contributed by atoms with Gasteiger partial charge in [0.25, 0.3) is 0 Å². The number of aryl methyl sites for hydroxylation is 1. The van der Waals surface area contributed by atoms with Crippen LogP contribution in [0.3, 0.4) is 0 Å². The molecule has 0 unspecified atom stereocenters. The Kier molecular flexibility index (Phi) is 5.65. The van der Waals surface area contributed by atoms with E-state index in [9.17, 15) is 4.79 Å². The third kappa shape index (κ3) is 4.67. The van der Waals surface area contributed by atoms with E-state index >= 15 is 0 Å². The summed E-state index contributed by atoms with van der Waals surface area (Å²) in [6.45, 7) is 6.79. The van der Waals surface area contributed by atoms with Crippen LogP contribution in [0.25, 0.3) is 11.1 Å². The summed E-state index contributed by atoms with van der Waals surface area (Å²) in [5.74, 6) is 0.666. The molecule has 0 saturated heterocycles. The number of hydrogen-bond donors (Lipinski definition) is 1. The minimum Gasteiger partial charge on any atom is -0.320 e. The van der Waals surface area contributed by atoms with E-state index in [-0.39, 0.29) is 6.03 Å². The van der Waals surface area contributed by atoms with Gasteiger partial charge in [0, 0.05) is 37.1 Å². The zero-order valence-electron chi connectivity index (χ0n) is 17.1. The zero-order valence-corrected chi connectivity index (χ0v) is 17.1. The van der Waals surface area contributed by atoms with E-state index in [1.54, 1.807) is 0 Å². The molecule has 1 aromatic heterocycles. The molecule has 0 fully saturated rings. The molecule has 4 rings (SSSR count). The molecular formula is C24H28N4O. The number of carbonyl (C=O) groups is 1. The summed E-state index contributed by atoms with van der Waals surface area (Å²) in [5.41, 5.74) is 5.59. The predicted molar refractivity (Wildman–Crippen MR) is 117 cm³/mol. The van der Waals surface area contributed by atoms with Crippen molar-refractivity contribution in [2.75, 3.05) is 11.9 Å². The fourth-order valence-electron chi connectivity index (χ4n) is 3.64. The van der Waals surface area contributed by atoms with Crippen LogP contribution in [0, 0.1) is 5.92 Å². The fraction of sp³-hybridized carbons (Fsp3) is 0.333. The molecule has 1 aliphatic heterocycles. The van der Waals surface area contributed by atoms with E-state index in [2.05, 4.69) is 48.7 Å². The lowest BCUT2D eigenvalue weighted by Crippen LogP contribution is -2.38. The monoisotopic (exact) mass is 388 g/mol. The first-order chi connectivity index (χ1) is 14.1. The molecular weight excluding hydrogens is 360 g/mol. The van der Waals surface area contributed by atoms with Crippen LogP contribution < -0.4 is 5.32 Å². The van der Waals surface area contributed by atoms with E-state index in [0.717, 1.165) is 42.7 Å². The van der Waals surface area contributed by atoms with Gasteiger partial charge in [-0.05, 0) is 47.6 Å². The highest BCUT2D eigenvalue weighted by atomic mass is 16.2. The second kappa shape index (κ2) is 8.52. The molecule has 5 heteroatoms. The number of rotatable bonds is 5. The van der Waals surface area contributed by atoms with Gasteiger partial charge in [-0.2, -0.15) is 5.10 Å². The minimum absolute atomic E-state index is 0.0474. The molecule has 1 N–H and O–H groups in total. The van der Waals surface area contributed by atoms with Crippen molar-refractivity contribution in [1.82, 2.24) is 14.7 Å². The summed E-state index contributed by atoms with van der Waals surface area (Å²) < 4.78 is 2.00. The molecule has 150 valence electrons. The van der Waals surface area contributed by atoms with Gasteiger partial charge in [-0.15, -0.1) is 0 Å². The van der Waals surface area contributed by atoms with Crippen LogP contribution in [0.2, 0.25) is 0 Å². The van der Waals surface area contributed by atoms with E-state index in [1.165, 1.54) is 11.1 Å². The van der Waals surface area contributed by atoms with Gasteiger partial charge in [-0.3, -0.25) is 4.68 Å². The summed E-state index contributed by atoms with van der Waals surface area (Å²) >= 11 is 0. The highest BCUT2D eigenvalue weighted by Gasteiger charge is 2.20. The number of hydrogen-bond acceptors (Lipinski definition) is 2. The van der Waals surface area contributed by atoms with Gasteiger partial charge in [0.15, 0.2) is 0 Å².